The number of aliphatic hydroxyl groups excluding tert-OH is 10. The van der Waals surface area contributed by atoms with Gasteiger partial charge in [0.15, 0.2) is 18.7 Å². The predicted octanol–water partition coefficient (Wildman–Crippen LogP) is 10.4. The first-order valence-electron chi connectivity index (χ1n) is 38.1. The fraction of sp³-hybridized carbons (Fsp3) is 0.904. The van der Waals surface area contributed by atoms with E-state index in [1.807, 2.05) is 6.08 Å². The van der Waals surface area contributed by atoms with E-state index in [4.69, 9.17) is 42.2 Å². The minimum Gasteiger partial charge on any atom is -0.462 e. The van der Waals surface area contributed by atoms with E-state index in [2.05, 4.69) is 27.7 Å². The van der Waals surface area contributed by atoms with Crippen LogP contribution < -0.4 is 0 Å². The van der Waals surface area contributed by atoms with Gasteiger partial charge < -0.3 is 89.1 Å². The Morgan fingerprint density at radius 1 is 0.449 bits per heavy atom. The van der Waals surface area contributed by atoms with Gasteiger partial charge >= 0.3 is 25.7 Å². The van der Waals surface area contributed by atoms with Gasteiger partial charge in [0, 0.05) is 18.9 Å². The second-order valence-corrected chi connectivity index (χ2v) is 29.1. The molecule has 0 bridgehead atoms. The first-order chi connectivity index (χ1) is 47.2. The molecule has 2 heterocycles. The molecule has 98 heavy (non-hydrogen) atoms. The van der Waals surface area contributed by atoms with Gasteiger partial charge in [0.2, 0.25) is 0 Å². The summed E-state index contributed by atoms with van der Waals surface area (Å²) in [6.07, 6.45) is 13.1. The van der Waals surface area contributed by atoms with Crippen LogP contribution in [0, 0.1) is 5.92 Å². The zero-order chi connectivity index (χ0) is 71.9. The maximum absolute atomic E-state index is 14.3. The van der Waals surface area contributed by atoms with Crippen LogP contribution in [-0.2, 0) is 61.2 Å². The van der Waals surface area contributed by atoms with Crippen LogP contribution in [0.3, 0.4) is 0 Å². The fourth-order valence-electron chi connectivity index (χ4n) is 12.7. The van der Waals surface area contributed by atoms with Gasteiger partial charge in [0.25, 0.3) is 0 Å². The van der Waals surface area contributed by atoms with Gasteiger partial charge in [-0.3, -0.25) is 18.6 Å². The predicted molar refractivity (Wildman–Crippen MR) is 370 cm³/mol. The van der Waals surface area contributed by atoms with E-state index in [9.17, 15) is 74.9 Å². The van der Waals surface area contributed by atoms with Crippen LogP contribution in [0.1, 0.15) is 285 Å². The zero-order valence-corrected chi connectivity index (χ0v) is 60.9. The van der Waals surface area contributed by atoms with E-state index in [0.29, 0.717) is 18.8 Å². The van der Waals surface area contributed by atoms with Crippen LogP contribution in [0.15, 0.2) is 24.3 Å². The molecule has 2 saturated heterocycles. The molecule has 0 amide bonds. The van der Waals surface area contributed by atoms with Crippen molar-refractivity contribution in [3.05, 3.63) is 24.3 Å². The van der Waals surface area contributed by atoms with Gasteiger partial charge in [-0.1, -0.05) is 264 Å². The molecule has 1 aliphatic carbocycles. The maximum Gasteiger partial charge on any atom is 0.472 e. The summed E-state index contributed by atoms with van der Waals surface area (Å²) in [6.45, 7) is 5.67. The second-order valence-electron chi connectivity index (χ2n) is 27.7. The van der Waals surface area contributed by atoms with Gasteiger partial charge in [-0.15, -0.1) is 0 Å². The highest BCUT2D eigenvalue weighted by molar-refractivity contribution is 7.47. The van der Waals surface area contributed by atoms with Crippen molar-refractivity contribution in [2.24, 2.45) is 5.92 Å². The lowest BCUT2D eigenvalue weighted by Gasteiger charge is -2.49. The van der Waals surface area contributed by atoms with E-state index >= 15 is 0 Å². The Morgan fingerprint density at radius 2 is 0.847 bits per heavy atom. The number of hydrogen-bond donors (Lipinski definition) is 11. The monoisotopic (exact) mass is 1420 g/mol. The van der Waals surface area contributed by atoms with Gasteiger partial charge in [-0.05, 0) is 31.6 Å². The van der Waals surface area contributed by atoms with E-state index in [1.165, 1.54) is 147 Å². The van der Waals surface area contributed by atoms with Gasteiger partial charge in [0.05, 0.1) is 13.2 Å². The van der Waals surface area contributed by atoms with Gasteiger partial charge in [-0.25, -0.2) is 9.36 Å². The molecule has 0 aromatic rings. The highest BCUT2D eigenvalue weighted by atomic mass is 31.2. The number of hydrogen-bond acceptors (Lipinski definition) is 23. The van der Waals surface area contributed by atoms with Crippen LogP contribution in [-0.4, -0.2) is 204 Å². The van der Waals surface area contributed by atoms with Gasteiger partial charge in [-0.2, -0.15) is 0 Å². The number of allylic oxidation sites excluding steroid dienone is 3. The standard InChI is InChI=1S/C73H133O24P/c1-5-8-11-14-17-19-21-23-24-25-27-29-31-37-42-47-58(76)90-52-56-61(79)63(81)68(86)73(94-56)96-70-66(84)64(82)65(83)69(95-72-67(85)62(80)60(78)55(49-74)93-72)71(70)97-98(87,88)91-51-54(50-89-57(75)46-41-36-30-28-26-22-20-18-15-12-9-6-2)92-59(77)48-43-38-33-32-35-40-45-53(4)44-39-34-16-13-10-7-3/h31,37,42,47,53-56,60-74,78-86H,5-30,32-36,38-41,43-46,48-52H2,1-4H3,(H,87,88)/b37-31+,47-42+. The van der Waals surface area contributed by atoms with Crippen molar-refractivity contribution in [1.82, 2.24) is 0 Å². The highest BCUT2D eigenvalue weighted by Crippen LogP contribution is 2.49. The highest BCUT2D eigenvalue weighted by Gasteiger charge is 2.58. The number of carbonyl (C=O) groups is 3. The molecule has 0 aromatic heterocycles. The molecule has 0 aromatic carbocycles. The Balaban J connectivity index is 1.75. The van der Waals surface area contributed by atoms with Crippen molar-refractivity contribution < 1.29 is 117 Å². The molecular weight excluding hydrogens is 1290 g/mol. The first kappa shape index (κ1) is 89.7. The number of unbranched alkanes of at least 4 members (excludes halogenated alkanes) is 32. The lowest BCUT2D eigenvalue weighted by atomic mass is 9.84. The maximum atomic E-state index is 14.3. The molecule has 3 rings (SSSR count). The number of ether oxygens (including phenoxy) is 7. The summed E-state index contributed by atoms with van der Waals surface area (Å²) in [4.78, 5) is 50.9. The second kappa shape index (κ2) is 54.1. The average molecular weight is 1430 g/mol. The van der Waals surface area contributed by atoms with Crippen LogP contribution in [0.4, 0.5) is 0 Å². The number of rotatable bonds is 58. The summed E-state index contributed by atoms with van der Waals surface area (Å²) < 4.78 is 64.9. The van der Waals surface area contributed by atoms with Crippen molar-refractivity contribution in [1.29, 1.82) is 0 Å². The Kier molecular flexibility index (Phi) is 49.5. The van der Waals surface area contributed by atoms with E-state index < -0.39 is 156 Å². The molecule has 19 atom stereocenters. The summed E-state index contributed by atoms with van der Waals surface area (Å²) in [5.41, 5.74) is 0. The molecule has 1 saturated carbocycles. The molecule has 574 valence electrons. The van der Waals surface area contributed by atoms with E-state index in [0.717, 1.165) is 96.0 Å². The quantitative estimate of drug-likeness (QED) is 0.00673. The molecule has 11 N–H and O–H groups in total. The lowest BCUT2D eigenvalue weighted by Crippen LogP contribution is -2.69. The van der Waals surface area contributed by atoms with Crippen molar-refractivity contribution >= 4 is 25.7 Å². The van der Waals surface area contributed by atoms with Crippen LogP contribution in [0.5, 0.6) is 0 Å². The molecule has 3 aliphatic rings. The summed E-state index contributed by atoms with van der Waals surface area (Å²) >= 11 is 0. The number of phosphoric acid groups is 1. The molecule has 25 heteroatoms. The molecule has 24 nitrogen and oxygen atoms in total. The summed E-state index contributed by atoms with van der Waals surface area (Å²) in [5, 5.41) is 110. The number of esters is 3. The SMILES string of the molecule is CCCCCCCCCCCCC/C=C/C=C/C(=O)OCC1OC(OC2C(O)C(O)C(O)C(OC3OC(CO)C(O)C(O)C3O)C2OP(=O)(O)OCC(COC(=O)CCCCCCCCCCCCCC)OC(=O)CCCCCCCCC(C)CCCCCCCC)C(O)C(O)C1O. The number of carbonyl (C=O) groups excluding carboxylic acids is 3. The summed E-state index contributed by atoms with van der Waals surface area (Å²) in [6, 6.07) is 0. The molecule has 2 aliphatic heterocycles. The van der Waals surface area contributed by atoms with Crippen molar-refractivity contribution in [3.8, 4) is 0 Å². The number of aliphatic hydroxyl groups is 10. The van der Waals surface area contributed by atoms with E-state index in [1.54, 1.807) is 6.08 Å². The minimum atomic E-state index is -5.70. The minimum absolute atomic E-state index is 0.0413. The lowest BCUT2D eigenvalue weighted by molar-refractivity contribution is -0.360. The fourth-order valence-corrected chi connectivity index (χ4v) is 13.6. The molecule has 19 unspecified atom stereocenters. The molecule has 0 spiro atoms. The Morgan fingerprint density at radius 3 is 1.31 bits per heavy atom. The first-order valence-corrected chi connectivity index (χ1v) is 39.5. The van der Waals surface area contributed by atoms with Crippen LogP contribution in [0.25, 0.3) is 0 Å². The van der Waals surface area contributed by atoms with Crippen LogP contribution in [0.2, 0.25) is 0 Å². The molecule has 3 fully saturated rings. The average Bonchev–Trinajstić information content (AvgIpc) is 0.767. The third-order valence-electron chi connectivity index (χ3n) is 19.0. The Labute approximate surface area is 585 Å². The third-order valence-corrected chi connectivity index (χ3v) is 20.0. The van der Waals surface area contributed by atoms with Crippen molar-refractivity contribution in [2.75, 3.05) is 26.4 Å². The number of phosphoric ester groups is 1. The third kappa shape index (κ3) is 37.2. The normalized spacial score (nSPS) is 28.1. The molecular formula is C73H133O24P. The largest absolute Gasteiger partial charge is 0.472 e. The summed E-state index contributed by atoms with van der Waals surface area (Å²) in [5.74, 6) is -1.54. The zero-order valence-electron chi connectivity index (χ0n) is 60.0. The van der Waals surface area contributed by atoms with Gasteiger partial charge in [0.1, 0.15) is 98.7 Å². The van der Waals surface area contributed by atoms with E-state index in [-0.39, 0.29) is 12.8 Å². The molecule has 0 radical (unpaired) electrons. The van der Waals surface area contributed by atoms with Crippen molar-refractivity contribution in [3.63, 3.8) is 0 Å². The Hall–Kier alpha value is -2.56. The topological polar surface area (TPSA) is 374 Å². The van der Waals surface area contributed by atoms with Crippen molar-refractivity contribution in [2.45, 2.75) is 389 Å². The smallest absolute Gasteiger partial charge is 0.462 e. The summed E-state index contributed by atoms with van der Waals surface area (Å²) in [7, 11) is -5.70. The van der Waals surface area contributed by atoms with Crippen LogP contribution >= 0.6 is 7.82 Å². The Bertz CT molecular complexity index is 2140.